The van der Waals surface area contributed by atoms with Gasteiger partial charge in [0, 0.05) is 6.54 Å². The van der Waals surface area contributed by atoms with Gasteiger partial charge in [-0.2, -0.15) is 0 Å². The monoisotopic (exact) mass is 279 g/mol. The molecular formula is C12H14BrN3. The highest BCUT2D eigenvalue weighted by Gasteiger charge is 2.15. The van der Waals surface area contributed by atoms with Crippen molar-refractivity contribution in [3.63, 3.8) is 0 Å². The Balaban J connectivity index is 2.36. The van der Waals surface area contributed by atoms with Gasteiger partial charge in [0.25, 0.3) is 0 Å². The van der Waals surface area contributed by atoms with Crippen molar-refractivity contribution in [2.75, 3.05) is 6.54 Å². The molecule has 1 unspecified atom stereocenters. The fourth-order valence-corrected chi connectivity index (χ4v) is 2.09. The van der Waals surface area contributed by atoms with E-state index in [9.17, 15) is 0 Å². The van der Waals surface area contributed by atoms with Crippen LogP contribution in [0, 0.1) is 6.92 Å². The van der Waals surface area contributed by atoms with Crippen molar-refractivity contribution in [1.29, 1.82) is 0 Å². The van der Waals surface area contributed by atoms with Gasteiger partial charge in [0.05, 0.1) is 12.1 Å². The van der Waals surface area contributed by atoms with Gasteiger partial charge < -0.3 is 10.7 Å². The van der Waals surface area contributed by atoms with Crippen LogP contribution in [0.5, 0.6) is 0 Å². The third-order valence-corrected chi connectivity index (χ3v) is 2.98. The maximum absolute atomic E-state index is 5.82. The Kier molecular flexibility index (Phi) is 3.41. The van der Waals surface area contributed by atoms with Gasteiger partial charge in [-0.3, -0.25) is 0 Å². The van der Waals surface area contributed by atoms with Crippen LogP contribution in [0.25, 0.3) is 0 Å². The molecule has 16 heavy (non-hydrogen) atoms. The summed E-state index contributed by atoms with van der Waals surface area (Å²) in [4.78, 5) is 7.48. The first-order valence-electron chi connectivity index (χ1n) is 5.17. The van der Waals surface area contributed by atoms with Crippen molar-refractivity contribution in [3.8, 4) is 0 Å². The molecule has 3 N–H and O–H groups in total. The smallest absolute Gasteiger partial charge is 0.115 e. The number of nitrogens with two attached hydrogens (primary N) is 1. The number of rotatable bonds is 3. The molecule has 1 heterocycles. The molecule has 0 spiro atoms. The lowest BCUT2D eigenvalue weighted by Crippen LogP contribution is -2.15. The summed E-state index contributed by atoms with van der Waals surface area (Å²) < 4.78 is 0.883. The second-order valence-electron chi connectivity index (χ2n) is 3.82. The number of nitrogens with one attached hydrogen (secondary N) is 1. The summed E-state index contributed by atoms with van der Waals surface area (Å²) in [5.74, 6) is 1.03. The summed E-state index contributed by atoms with van der Waals surface area (Å²) in [5.41, 5.74) is 8.26. The minimum absolute atomic E-state index is 0.131. The largest absolute Gasteiger partial charge is 0.336 e. The SMILES string of the molecule is Cc1cccc(C(CN)c2ncc(Br)[nH]2)c1. The lowest BCUT2D eigenvalue weighted by molar-refractivity contribution is 0.763. The molecule has 3 nitrogen and oxygen atoms in total. The van der Waals surface area contributed by atoms with Crippen molar-refractivity contribution < 1.29 is 0 Å². The van der Waals surface area contributed by atoms with Crippen LogP contribution in [0.15, 0.2) is 35.1 Å². The van der Waals surface area contributed by atoms with Crippen molar-refractivity contribution >= 4 is 15.9 Å². The van der Waals surface area contributed by atoms with Crippen molar-refractivity contribution in [2.45, 2.75) is 12.8 Å². The molecule has 4 heteroatoms. The standard InChI is InChI=1S/C12H14BrN3/c1-8-3-2-4-9(5-8)10(6-14)12-15-7-11(13)16-12/h2-5,7,10H,6,14H2,1H3,(H,15,16). The summed E-state index contributed by atoms with van der Waals surface area (Å²) in [5, 5.41) is 0. The number of hydrogen-bond donors (Lipinski definition) is 2. The highest BCUT2D eigenvalue weighted by atomic mass is 79.9. The molecule has 2 rings (SSSR count). The number of nitrogens with zero attached hydrogens (tertiary/aromatic N) is 1. The zero-order valence-electron chi connectivity index (χ0n) is 9.07. The predicted molar refractivity (Wildman–Crippen MR) is 68.4 cm³/mol. The summed E-state index contributed by atoms with van der Waals surface area (Å²) in [6, 6.07) is 8.36. The van der Waals surface area contributed by atoms with Crippen LogP contribution >= 0.6 is 15.9 Å². The molecule has 0 saturated heterocycles. The van der Waals surface area contributed by atoms with E-state index in [2.05, 4.69) is 51.0 Å². The maximum Gasteiger partial charge on any atom is 0.115 e. The molecular weight excluding hydrogens is 266 g/mol. The number of aromatic amines is 1. The molecule has 0 aliphatic carbocycles. The second kappa shape index (κ2) is 4.80. The van der Waals surface area contributed by atoms with Gasteiger partial charge in [-0.25, -0.2) is 4.98 Å². The topological polar surface area (TPSA) is 54.7 Å². The molecule has 0 fully saturated rings. The predicted octanol–water partition coefficient (Wildman–Crippen LogP) is 2.57. The van der Waals surface area contributed by atoms with E-state index >= 15 is 0 Å². The van der Waals surface area contributed by atoms with Crippen LogP contribution < -0.4 is 5.73 Å². The number of aryl methyl sites for hydroxylation is 1. The van der Waals surface area contributed by atoms with Gasteiger partial charge >= 0.3 is 0 Å². The number of imidazole rings is 1. The fraction of sp³-hybridized carbons (Fsp3) is 0.250. The summed E-state index contributed by atoms with van der Waals surface area (Å²) in [6.45, 7) is 2.62. The first-order valence-corrected chi connectivity index (χ1v) is 5.97. The Hall–Kier alpha value is -1.13. The van der Waals surface area contributed by atoms with E-state index in [1.165, 1.54) is 11.1 Å². The van der Waals surface area contributed by atoms with E-state index in [4.69, 9.17) is 5.73 Å². The van der Waals surface area contributed by atoms with Crippen LogP contribution in [0.4, 0.5) is 0 Å². The summed E-state index contributed by atoms with van der Waals surface area (Å²) in [6.07, 6.45) is 1.76. The zero-order chi connectivity index (χ0) is 11.5. The fourth-order valence-electron chi connectivity index (χ4n) is 1.78. The molecule has 0 aliphatic rings. The van der Waals surface area contributed by atoms with Gasteiger partial charge in [0.1, 0.15) is 10.4 Å². The minimum Gasteiger partial charge on any atom is -0.336 e. The highest BCUT2D eigenvalue weighted by Crippen LogP contribution is 2.22. The molecule has 1 aromatic carbocycles. The molecule has 0 saturated carbocycles. The summed E-state index contributed by atoms with van der Waals surface area (Å²) >= 11 is 3.36. The number of aromatic nitrogens is 2. The quantitative estimate of drug-likeness (QED) is 0.907. The lowest BCUT2D eigenvalue weighted by Gasteiger charge is -2.13. The molecule has 84 valence electrons. The first kappa shape index (κ1) is 11.4. The molecule has 1 aromatic heterocycles. The van der Waals surface area contributed by atoms with Crippen molar-refractivity contribution in [3.05, 3.63) is 52.0 Å². The number of benzene rings is 1. The van der Waals surface area contributed by atoms with Gasteiger partial charge in [-0.1, -0.05) is 29.8 Å². The van der Waals surface area contributed by atoms with Gasteiger partial charge in [0.2, 0.25) is 0 Å². The van der Waals surface area contributed by atoms with Crippen molar-refractivity contribution in [1.82, 2.24) is 9.97 Å². The Morgan fingerprint density at radius 3 is 2.88 bits per heavy atom. The molecule has 0 amide bonds. The third-order valence-electron chi connectivity index (χ3n) is 2.57. The Morgan fingerprint density at radius 2 is 2.31 bits per heavy atom. The number of hydrogen-bond acceptors (Lipinski definition) is 2. The van der Waals surface area contributed by atoms with E-state index in [0.717, 1.165) is 10.4 Å². The molecule has 0 bridgehead atoms. The van der Waals surface area contributed by atoms with Gasteiger partial charge in [0.15, 0.2) is 0 Å². The molecule has 1 atom stereocenters. The van der Waals surface area contributed by atoms with Gasteiger partial charge in [-0.15, -0.1) is 0 Å². The lowest BCUT2D eigenvalue weighted by atomic mass is 9.97. The van der Waals surface area contributed by atoms with Crippen LogP contribution in [0.1, 0.15) is 22.9 Å². The maximum atomic E-state index is 5.82. The van der Waals surface area contributed by atoms with E-state index in [1.807, 2.05) is 6.07 Å². The normalized spacial score (nSPS) is 12.7. The van der Waals surface area contributed by atoms with Gasteiger partial charge in [-0.05, 0) is 28.4 Å². The Morgan fingerprint density at radius 1 is 1.50 bits per heavy atom. The molecule has 2 aromatic rings. The second-order valence-corrected chi connectivity index (χ2v) is 4.67. The Labute approximate surface area is 103 Å². The van der Waals surface area contributed by atoms with E-state index in [0.29, 0.717) is 6.54 Å². The van der Waals surface area contributed by atoms with E-state index in [1.54, 1.807) is 6.20 Å². The first-order chi connectivity index (χ1) is 7.70. The molecule has 0 radical (unpaired) electrons. The van der Waals surface area contributed by atoms with Crippen LogP contribution in [-0.2, 0) is 0 Å². The molecule has 0 aliphatic heterocycles. The average molecular weight is 280 g/mol. The number of H-pyrrole nitrogens is 1. The number of halogens is 1. The zero-order valence-corrected chi connectivity index (χ0v) is 10.7. The van der Waals surface area contributed by atoms with Crippen LogP contribution in [0.2, 0.25) is 0 Å². The van der Waals surface area contributed by atoms with E-state index < -0.39 is 0 Å². The van der Waals surface area contributed by atoms with E-state index in [-0.39, 0.29) is 5.92 Å². The minimum atomic E-state index is 0.131. The van der Waals surface area contributed by atoms with Crippen molar-refractivity contribution in [2.24, 2.45) is 5.73 Å². The summed E-state index contributed by atoms with van der Waals surface area (Å²) in [7, 11) is 0. The van der Waals surface area contributed by atoms with Crippen LogP contribution in [-0.4, -0.2) is 16.5 Å². The highest BCUT2D eigenvalue weighted by molar-refractivity contribution is 9.10. The Bertz CT molecular complexity index is 479. The average Bonchev–Trinajstić information content (AvgIpc) is 2.66. The third kappa shape index (κ3) is 2.33. The van der Waals surface area contributed by atoms with Crippen LogP contribution in [0.3, 0.4) is 0 Å².